The molecule has 2 fully saturated rings. The Labute approximate surface area is 144 Å². The highest BCUT2D eigenvalue weighted by atomic mass is 32.2. The molecular formula is C16H28NO6S-. The number of morpholine rings is 1. The van der Waals surface area contributed by atoms with E-state index in [0.29, 0.717) is 32.2 Å². The zero-order chi connectivity index (χ0) is 17.6. The number of hydrogen-bond acceptors (Lipinski definition) is 7. The van der Waals surface area contributed by atoms with Crippen molar-refractivity contribution in [2.24, 2.45) is 11.8 Å². The summed E-state index contributed by atoms with van der Waals surface area (Å²) in [6, 6.07) is 0. The van der Waals surface area contributed by atoms with Crippen LogP contribution in [0.3, 0.4) is 0 Å². The van der Waals surface area contributed by atoms with Crippen molar-refractivity contribution in [2.45, 2.75) is 45.1 Å². The Bertz CT molecular complexity index is 495. The van der Waals surface area contributed by atoms with Gasteiger partial charge in [0, 0.05) is 19.6 Å². The highest BCUT2D eigenvalue weighted by Gasteiger charge is 2.30. The minimum atomic E-state index is -4.45. The van der Waals surface area contributed by atoms with Crippen LogP contribution in [-0.4, -0.2) is 68.5 Å². The summed E-state index contributed by atoms with van der Waals surface area (Å²) in [5.74, 6) is -0.526. The molecule has 0 bridgehead atoms. The molecule has 0 aromatic rings. The van der Waals surface area contributed by atoms with Crippen LogP contribution in [0.15, 0.2) is 0 Å². The van der Waals surface area contributed by atoms with E-state index in [1.165, 1.54) is 0 Å². The SMILES string of the molecule is CCC1CCC(C(=O)OC(CN2CCOCC2)CS(=O)(=O)[O-])CC1. The number of nitrogens with zero attached hydrogens (tertiary/aromatic N) is 1. The Kier molecular flexibility index (Phi) is 7.46. The molecule has 2 rings (SSSR count). The molecule has 0 aromatic carbocycles. The summed E-state index contributed by atoms with van der Waals surface area (Å²) in [4.78, 5) is 14.3. The van der Waals surface area contributed by atoms with Crippen molar-refractivity contribution in [1.82, 2.24) is 4.90 Å². The van der Waals surface area contributed by atoms with E-state index in [0.717, 1.165) is 32.1 Å². The summed E-state index contributed by atoms with van der Waals surface area (Å²) in [5, 5.41) is 0. The van der Waals surface area contributed by atoms with Crippen molar-refractivity contribution in [2.75, 3.05) is 38.6 Å². The summed E-state index contributed by atoms with van der Waals surface area (Å²) in [5.41, 5.74) is 0. The van der Waals surface area contributed by atoms with Crippen LogP contribution in [0.25, 0.3) is 0 Å². The third kappa shape index (κ3) is 6.66. The Morgan fingerprint density at radius 1 is 1.25 bits per heavy atom. The molecular weight excluding hydrogens is 334 g/mol. The van der Waals surface area contributed by atoms with Gasteiger partial charge < -0.3 is 14.0 Å². The summed E-state index contributed by atoms with van der Waals surface area (Å²) < 4.78 is 44.1. The maximum Gasteiger partial charge on any atom is 0.309 e. The Hall–Kier alpha value is -0.700. The van der Waals surface area contributed by atoms with Crippen molar-refractivity contribution in [3.8, 4) is 0 Å². The van der Waals surface area contributed by atoms with Gasteiger partial charge in [-0.25, -0.2) is 8.42 Å². The van der Waals surface area contributed by atoms with Gasteiger partial charge >= 0.3 is 5.97 Å². The lowest BCUT2D eigenvalue weighted by atomic mass is 9.81. The van der Waals surface area contributed by atoms with E-state index in [1.807, 2.05) is 4.90 Å². The van der Waals surface area contributed by atoms with Crippen molar-refractivity contribution in [3.05, 3.63) is 0 Å². The number of hydrogen-bond donors (Lipinski definition) is 0. The van der Waals surface area contributed by atoms with Crippen molar-refractivity contribution in [1.29, 1.82) is 0 Å². The quantitative estimate of drug-likeness (QED) is 0.492. The molecule has 0 amide bonds. The Morgan fingerprint density at radius 3 is 2.42 bits per heavy atom. The average molecular weight is 362 g/mol. The van der Waals surface area contributed by atoms with E-state index in [4.69, 9.17) is 9.47 Å². The first-order chi connectivity index (χ1) is 11.4. The Morgan fingerprint density at radius 2 is 1.88 bits per heavy atom. The van der Waals surface area contributed by atoms with Crippen LogP contribution in [0.5, 0.6) is 0 Å². The maximum absolute atomic E-state index is 12.4. The summed E-state index contributed by atoms with van der Waals surface area (Å²) >= 11 is 0. The molecule has 2 aliphatic rings. The molecule has 24 heavy (non-hydrogen) atoms. The standard InChI is InChI=1S/C16H29NO6S/c1-2-13-3-5-14(6-4-13)16(18)23-15(12-24(19,20)21)11-17-7-9-22-10-8-17/h13-15H,2-12H2,1H3,(H,19,20,21)/p-1. The van der Waals surface area contributed by atoms with Crippen LogP contribution in [0.2, 0.25) is 0 Å². The van der Waals surface area contributed by atoms with Gasteiger partial charge in [0.2, 0.25) is 0 Å². The van der Waals surface area contributed by atoms with Gasteiger partial charge in [0.25, 0.3) is 0 Å². The lowest BCUT2D eigenvalue weighted by Crippen LogP contribution is -2.45. The predicted octanol–water partition coefficient (Wildman–Crippen LogP) is 0.992. The summed E-state index contributed by atoms with van der Waals surface area (Å²) in [7, 11) is -4.45. The van der Waals surface area contributed by atoms with Crippen LogP contribution in [-0.2, 0) is 24.4 Å². The molecule has 1 unspecified atom stereocenters. The van der Waals surface area contributed by atoms with E-state index >= 15 is 0 Å². The predicted molar refractivity (Wildman–Crippen MR) is 87.4 cm³/mol. The third-order valence-electron chi connectivity index (χ3n) is 5.00. The zero-order valence-corrected chi connectivity index (χ0v) is 15.1. The first-order valence-electron chi connectivity index (χ1n) is 8.81. The van der Waals surface area contributed by atoms with Crippen molar-refractivity contribution in [3.63, 3.8) is 0 Å². The molecule has 1 saturated carbocycles. The second kappa shape index (κ2) is 9.12. The van der Waals surface area contributed by atoms with Gasteiger partial charge in [-0.1, -0.05) is 13.3 Å². The third-order valence-corrected chi connectivity index (χ3v) is 5.78. The van der Waals surface area contributed by atoms with Crippen LogP contribution in [0.4, 0.5) is 0 Å². The molecule has 7 nitrogen and oxygen atoms in total. The van der Waals surface area contributed by atoms with Gasteiger partial charge in [-0.3, -0.25) is 9.69 Å². The zero-order valence-electron chi connectivity index (χ0n) is 14.3. The summed E-state index contributed by atoms with van der Waals surface area (Å²) in [6.07, 6.45) is 3.80. The minimum absolute atomic E-state index is 0.172. The van der Waals surface area contributed by atoms with Crippen LogP contribution in [0.1, 0.15) is 39.0 Å². The molecule has 8 heteroatoms. The number of rotatable bonds is 7. The number of carbonyl (C=O) groups excluding carboxylic acids is 1. The van der Waals surface area contributed by atoms with Crippen LogP contribution in [0, 0.1) is 11.8 Å². The average Bonchev–Trinajstić information content (AvgIpc) is 2.54. The molecule has 1 aliphatic heterocycles. The van der Waals surface area contributed by atoms with Gasteiger partial charge in [-0.2, -0.15) is 0 Å². The Balaban J connectivity index is 1.89. The van der Waals surface area contributed by atoms with Gasteiger partial charge in [-0.05, 0) is 31.6 Å². The molecule has 1 aliphatic carbocycles. The number of carbonyl (C=O) groups is 1. The van der Waals surface area contributed by atoms with Crippen LogP contribution >= 0.6 is 0 Å². The van der Waals surface area contributed by atoms with Crippen LogP contribution < -0.4 is 0 Å². The molecule has 1 atom stereocenters. The van der Waals surface area contributed by atoms with Crippen molar-refractivity contribution >= 4 is 16.1 Å². The summed E-state index contributed by atoms with van der Waals surface area (Å²) in [6.45, 7) is 4.84. The fourth-order valence-corrected chi connectivity index (χ4v) is 4.12. The van der Waals surface area contributed by atoms with Crippen molar-refractivity contribution < 1.29 is 27.2 Å². The largest absolute Gasteiger partial charge is 0.748 e. The molecule has 0 radical (unpaired) electrons. The minimum Gasteiger partial charge on any atom is -0.748 e. The number of ether oxygens (including phenoxy) is 2. The molecule has 0 spiro atoms. The first-order valence-corrected chi connectivity index (χ1v) is 10.4. The van der Waals surface area contributed by atoms with E-state index < -0.39 is 22.0 Å². The lowest BCUT2D eigenvalue weighted by Gasteiger charge is -2.32. The number of esters is 1. The van der Waals surface area contributed by atoms with Gasteiger partial charge in [0.1, 0.15) is 6.10 Å². The molecule has 0 N–H and O–H groups in total. The fourth-order valence-electron chi connectivity index (χ4n) is 3.49. The van der Waals surface area contributed by atoms with E-state index in [-0.39, 0.29) is 18.4 Å². The normalized spacial score (nSPS) is 27.6. The molecule has 1 saturated heterocycles. The monoisotopic (exact) mass is 362 g/mol. The second-order valence-corrected chi connectivity index (χ2v) is 8.27. The lowest BCUT2D eigenvalue weighted by molar-refractivity contribution is -0.155. The van der Waals surface area contributed by atoms with E-state index in [1.54, 1.807) is 0 Å². The molecule has 0 aromatic heterocycles. The smallest absolute Gasteiger partial charge is 0.309 e. The molecule has 1 heterocycles. The highest BCUT2D eigenvalue weighted by Crippen LogP contribution is 2.31. The maximum atomic E-state index is 12.4. The highest BCUT2D eigenvalue weighted by molar-refractivity contribution is 7.85. The molecule has 140 valence electrons. The van der Waals surface area contributed by atoms with Gasteiger partial charge in [0.05, 0.1) is 35.0 Å². The van der Waals surface area contributed by atoms with Gasteiger partial charge in [0.15, 0.2) is 0 Å². The topological polar surface area (TPSA) is 96.0 Å². The van der Waals surface area contributed by atoms with Gasteiger partial charge in [-0.15, -0.1) is 0 Å². The van der Waals surface area contributed by atoms with E-state index in [2.05, 4.69) is 6.92 Å². The first kappa shape index (κ1) is 19.6. The van der Waals surface area contributed by atoms with E-state index in [9.17, 15) is 17.8 Å². The second-order valence-electron chi connectivity index (χ2n) is 6.82. The fraction of sp³-hybridized carbons (Fsp3) is 0.938.